The number of carbonyl (C=O) groups is 1. The van der Waals surface area contributed by atoms with E-state index in [-0.39, 0.29) is 11.6 Å². The molecule has 0 aliphatic rings. The van der Waals surface area contributed by atoms with E-state index in [1.165, 1.54) is 12.1 Å². The minimum Gasteiger partial charge on any atom is -0.493 e. The summed E-state index contributed by atoms with van der Waals surface area (Å²) < 4.78 is 26.4. The van der Waals surface area contributed by atoms with Crippen molar-refractivity contribution in [3.63, 3.8) is 0 Å². The molecule has 1 amide bonds. The number of hydrogen-bond donors (Lipinski definition) is 1. The monoisotopic (exact) mass is 441 g/mol. The zero-order chi connectivity index (χ0) is 22.8. The van der Waals surface area contributed by atoms with Gasteiger partial charge in [0.2, 0.25) is 0 Å². The number of carbonyl (C=O) groups excluding carboxylic acids is 1. The first-order chi connectivity index (χ1) is 16.1. The smallest absolute Gasteiger partial charge is 0.307 e. The number of furan rings is 1. The van der Waals surface area contributed by atoms with Gasteiger partial charge in [-0.05, 0) is 53.6 Å². The van der Waals surface area contributed by atoms with Crippen molar-refractivity contribution in [3.8, 4) is 5.75 Å². The first-order valence-electron chi connectivity index (χ1n) is 10.3. The Labute approximate surface area is 188 Å². The van der Waals surface area contributed by atoms with Crippen LogP contribution in [0.4, 0.5) is 4.39 Å². The van der Waals surface area contributed by atoms with Crippen LogP contribution < -0.4 is 10.2 Å². The van der Waals surface area contributed by atoms with Crippen molar-refractivity contribution in [3.05, 3.63) is 102 Å². The summed E-state index contributed by atoms with van der Waals surface area (Å²) in [6.07, 6.45) is 3.54. The molecule has 0 spiro atoms. The number of amides is 1. The topological polar surface area (TPSA) is 68.8 Å². The SMILES string of the molecule is COc1cccc2cc(C(=O)N/N=C/c3ccc4c(ccn4Cc4cccc(F)c4)c3)oc12. The largest absolute Gasteiger partial charge is 0.493 e. The van der Waals surface area contributed by atoms with Gasteiger partial charge in [0, 0.05) is 29.0 Å². The lowest BCUT2D eigenvalue weighted by Crippen LogP contribution is -2.16. The van der Waals surface area contributed by atoms with Gasteiger partial charge in [0.1, 0.15) is 5.82 Å². The molecule has 33 heavy (non-hydrogen) atoms. The highest BCUT2D eigenvalue weighted by Gasteiger charge is 2.14. The van der Waals surface area contributed by atoms with Crippen molar-refractivity contribution in [2.75, 3.05) is 7.11 Å². The maximum atomic E-state index is 13.5. The Morgan fingerprint density at radius 1 is 1.09 bits per heavy atom. The zero-order valence-corrected chi connectivity index (χ0v) is 17.8. The average Bonchev–Trinajstić information content (AvgIpc) is 3.43. The number of nitrogens with zero attached hydrogens (tertiary/aromatic N) is 2. The summed E-state index contributed by atoms with van der Waals surface area (Å²) in [5.74, 6) is 0.0161. The highest BCUT2D eigenvalue weighted by atomic mass is 19.1. The molecule has 0 unspecified atom stereocenters. The number of hydrazone groups is 1. The number of fused-ring (bicyclic) bond motifs is 2. The molecular formula is C26H20FN3O3. The van der Waals surface area contributed by atoms with Crippen molar-refractivity contribution in [1.82, 2.24) is 9.99 Å². The van der Waals surface area contributed by atoms with Gasteiger partial charge in [0.25, 0.3) is 0 Å². The molecule has 0 bridgehead atoms. The van der Waals surface area contributed by atoms with E-state index in [1.807, 2.05) is 48.7 Å². The molecule has 7 heteroatoms. The third-order valence-corrected chi connectivity index (χ3v) is 5.37. The van der Waals surface area contributed by atoms with Crippen LogP contribution in [0.2, 0.25) is 0 Å². The van der Waals surface area contributed by atoms with Crippen molar-refractivity contribution in [1.29, 1.82) is 0 Å². The molecular weight excluding hydrogens is 421 g/mol. The highest BCUT2D eigenvalue weighted by Crippen LogP contribution is 2.28. The molecule has 3 aromatic carbocycles. The van der Waals surface area contributed by atoms with Crippen LogP contribution in [0, 0.1) is 5.82 Å². The van der Waals surface area contributed by atoms with Gasteiger partial charge in [-0.3, -0.25) is 4.79 Å². The fraction of sp³-hybridized carbons (Fsp3) is 0.0769. The molecule has 5 aromatic rings. The fourth-order valence-corrected chi connectivity index (χ4v) is 3.80. The number of benzene rings is 3. The molecule has 0 fully saturated rings. The second kappa shape index (κ2) is 8.63. The van der Waals surface area contributed by atoms with Crippen LogP contribution >= 0.6 is 0 Å². The lowest BCUT2D eigenvalue weighted by Gasteiger charge is -2.06. The molecule has 0 aliphatic carbocycles. The second-order valence-electron chi connectivity index (χ2n) is 7.58. The van der Waals surface area contributed by atoms with Crippen molar-refractivity contribution >= 4 is 34.0 Å². The van der Waals surface area contributed by atoms with E-state index >= 15 is 0 Å². The molecule has 0 radical (unpaired) electrons. The Balaban J connectivity index is 1.29. The minimum atomic E-state index is -0.452. The van der Waals surface area contributed by atoms with Crippen LogP contribution in [-0.2, 0) is 6.54 Å². The lowest BCUT2D eigenvalue weighted by molar-refractivity contribution is 0.0929. The molecule has 6 nitrogen and oxygen atoms in total. The van der Waals surface area contributed by atoms with Crippen LogP contribution in [0.25, 0.3) is 21.9 Å². The van der Waals surface area contributed by atoms with Gasteiger partial charge in [-0.2, -0.15) is 5.10 Å². The Morgan fingerprint density at radius 3 is 2.82 bits per heavy atom. The maximum Gasteiger partial charge on any atom is 0.307 e. The molecule has 5 rings (SSSR count). The standard InChI is InChI=1S/C26H20FN3O3/c1-32-23-7-3-5-20-14-24(33-25(20)23)26(31)29-28-15-17-8-9-22-19(12-17)10-11-30(22)16-18-4-2-6-21(27)13-18/h2-15H,16H2,1H3,(H,29,31)/b28-15+. The summed E-state index contributed by atoms with van der Waals surface area (Å²) in [6.45, 7) is 0.576. The Hall–Kier alpha value is -4.39. The van der Waals surface area contributed by atoms with Crippen LogP contribution in [0.5, 0.6) is 5.75 Å². The van der Waals surface area contributed by atoms with Crippen LogP contribution in [0.1, 0.15) is 21.7 Å². The highest BCUT2D eigenvalue weighted by molar-refractivity contribution is 5.98. The molecule has 0 aliphatic heterocycles. The second-order valence-corrected chi connectivity index (χ2v) is 7.58. The Morgan fingerprint density at radius 2 is 1.97 bits per heavy atom. The quantitative estimate of drug-likeness (QED) is 0.285. The van der Waals surface area contributed by atoms with E-state index in [1.54, 1.807) is 31.5 Å². The number of aromatic nitrogens is 1. The summed E-state index contributed by atoms with van der Waals surface area (Å²) in [7, 11) is 1.55. The normalized spacial score (nSPS) is 11.5. The number of methoxy groups -OCH3 is 1. The third kappa shape index (κ3) is 4.21. The van der Waals surface area contributed by atoms with Gasteiger partial charge in [-0.25, -0.2) is 9.82 Å². The van der Waals surface area contributed by atoms with E-state index < -0.39 is 5.91 Å². The Bertz CT molecular complexity index is 1500. The van der Waals surface area contributed by atoms with E-state index in [9.17, 15) is 9.18 Å². The van der Waals surface area contributed by atoms with E-state index in [0.717, 1.165) is 27.4 Å². The molecule has 0 saturated heterocycles. The van der Waals surface area contributed by atoms with Gasteiger partial charge >= 0.3 is 5.91 Å². The van der Waals surface area contributed by atoms with Gasteiger partial charge in [-0.15, -0.1) is 0 Å². The summed E-state index contributed by atoms with van der Waals surface area (Å²) in [6, 6.07) is 21.5. The number of nitrogens with one attached hydrogen (secondary N) is 1. The molecule has 1 N–H and O–H groups in total. The molecule has 164 valence electrons. The van der Waals surface area contributed by atoms with Crippen molar-refractivity contribution < 1.29 is 18.3 Å². The van der Waals surface area contributed by atoms with Crippen LogP contribution in [-0.4, -0.2) is 23.8 Å². The predicted molar refractivity (Wildman–Crippen MR) is 125 cm³/mol. The molecule has 2 heterocycles. The van der Waals surface area contributed by atoms with E-state index in [0.29, 0.717) is 17.9 Å². The lowest BCUT2D eigenvalue weighted by atomic mass is 10.1. The predicted octanol–water partition coefficient (Wildman–Crippen LogP) is 5.35. The maximum absolute atomic E-state index is 13.5. The Kier molecular flexibility index (Phi) is 5.36. The number of hydrogen-bond acceptors (Lipinski definition) is 4. The third-order valence-electron chi connectivity index (χ3n) is 5.37. The number of rotatable bonds is 6. The van der Waals surface area contributed by atoms with Crippen molar-refractivity contribution in [2.24, 2.45) is 5.10 Å². The number of ether oxygens (including phenoxy) is 1. The van der Waals surface area contributed by atoms with Gasteiger partial charge < -0.3 is 13.7 Å². The van der Waals surface area contributed by atoms with Crippen molar-refractivity contribution in [2.45, 2.75) is 6.54 Å². The molecule has 0 saturated carbocycles. The first-order valence-corrected chi connectivity index (χ1v) is 10.3. The van der Waals surface area contributed by atoms with Gasteiger partial charge in [-0.1, -0.05) is 30.3 Å². The number of halogens is 1. The average molecular weight is 441 g/mol. The van der Waals surface area contributed by atoms with Gasteiger partial charge in [0.15, 0.2) is 17.1 Å². The first kappa shape index (κ1) is 20.5. The summed E-state index contributed by atoms with van der Waals surface area (Å²) in [4.78, 5) is 12.4. The number of para-hydroxylation sites is 1. The van der Waals surface area contributed by atoms with Crippen LogP contribution in [0.15, 0.2) is 88.5 Å². The summed E-state index contributed by atoms with van der Waals surface area (Å²) in [5.41, 5.74) is 5.76. The zero-order valence-electron chi connectivity index (χ0n) is 17.8. The van der Waals surface area contributed by atoms with Gasteiger partial charge in [0.05, 0.1) is 13.3 Å². The van der Waals surface area contributed by atoms with E-state index in [2.05, 4.69) is 15.1 Å². The molecule has 0 atom stereocenters. The summed E-state index contributed by atoms with van der Waals surface area (Å²) >= 11 is 0. The minimum absolute atomic E-state index is 0.150. The fourth-order valence-electron chi connectivity index (χ4n) is 3.80. The van der Waals surface area contributed by atoms with Crippen LogP contribution in [0.3, 0.4) is 0 Å². The summed E-state index contributed by atoms with van der Waals surface area (Å²) in [5, 5.41) is 5.85. The molecule has 2 aromatic heterocycles. The van der Waals surface area contributed by atoms with E-state index in [4.69, 9.17) is 9.15 Å².